The zero-order valence-corrected chi connectivity index (χ0v) is 16.9. The molecule has 0 nitrogen and oxygen atoms in total. The van der Waals surface area contributed by atoms with E-state index in [1.54, 1.807) is 0 Å². The van der Waals surface area contributed by atoms with Crippen molar-refractivity contribution in [3.05, 3.63) is 89.5 Å². The molecule has 0 amide bonds. The second-order valence-corrected chi connectivity index (χ2v) is 13.7. The van der Waals surface area contributed by atoms with Crippen LogP contribution in [0.25, 0.3) is 0 Å². The fourth-order valence-electron chi connectivity index (χ4n) is 3.25. The molecule has 3 rings (SSSR count). The maximum atomic E-state index is 3.03. The van der Waals surface area contributed by atoms with Crippen LogP contribution >= 0.6 is 5.15 Å². The summed E-state index contributed by atoms with van der Waals surface area (Å²) in [5.74, 6) is 0. The average molecular weight is 502 g/mol. The summed E-state index contributed by atoms with van der Waals surface area (Å²) in [6.45, 7) is 6.71. The molecule has 0 N–H and O–H groups in total. The normalized spacial score (nSPS) is 12.2. The molecule has 0 fully saturated rings. The van der Waals surface area contributed by atoms with Gasteiger partial charge in [0.15, 0.2) is 0 Å². The summed E-state index contributed by atoms with van der Waals surface area (Å²) < 4.78 is 0. The third-order valence-electron chi connectivity index (χ3n) is 4.49. The molecule has 3 aromatic rings. The van der Waals surface area contributed by atoms with Crippen LogP contribution in [0.3, 0.4) is 0 Å². The van der Waals surface area contributed by atoms with Gasteiger partial charge in [-0.25, -0.2) is 0 Å². The summed E-state index contributed by atoms with van der Waals surface area (Å²) >= 11 is 3.03. The molecule has 0 unspecified atom stereocenters. The van der Waals surface area contributed by atoms with E-state index in [1.165, 1.54) is 32.6 Å². The summed E-state index contributed by atoms with van der Waals surface area (Å²) in [5, 5.41) is 2.41. The molecule has 23 heavy (non-hydrogen) atoms. The second-order valence-electron chi connectivity index (χ2n) is 6.05. The van der Waals surface area contributed by atoms with E-state index in [0.717, 1.165) is 0 Å². The van der Waals surface area contributed by atoms with Gasteiger partial charge in [-0.2, -0.15) is 0 Å². The first-order valence-electron chi connectivity index (χ1n) is 7.88. The Kier molecular flexibility index (Phi) is 4.90. The summed E-state index contributed by atoms with van der Waals surface area (Å²) in [6.07, 6.45) is 0. The Bertz CT molecular complexity index is 728. The Morgan fingerprint density at radius 2 is 0.783 bits per heavy atom. The first-order chi connectivity index (χ1) is 11.0. The predicted octanol–water partition coefficient (Wildman–Crippen LogP) is 4.10. The van der Waals surface area contributed by atoms with Crippen molar-refractivity contribution in [2.45, 2.75) is 20.8 Å². The van der Waals surface area contributed by atoms with Gasteiger partial charge in [0, 0.05) is 0 Å². The van der Waals surface area contributed by atoms with E-state index in [-0.39, 0.29) is 0 Å². The SMILES string of the molecule is Cc1ccccc1[PH]([Au])(c1ccccc1C)c1ccccc1C. The fraction of sp³-hybridized carbons (Fsp3) is 0.143. The number of hydrogen-bond donors (Lipinski definition) is 0. The van der Waals surface area contributed by atoms with E-state index >= 15 is 0 Å². The van der Waals surface area contributed by atoms with Crippen molar-refractivity contribution >= 4 is 21.1 Å². The van der Waals surface area contributed by atoms with E-state index in [2.05, 4.69) is 114 Å². The third kappa shape index (κ3) is 2.97. The number of rotatable bonds is 3. The quantitative estimate of drug-likeness (QED) is 0.374. The molecule has 0 saturated heterocycles. The molecule has 0 spiro atoms. The van der Waals surface area contributed by atoms with E-state index in [9.17, 15) is 0 Å². The second kappa shape index (κ2) is 6.75. The van der Waals surface area contributed by atoms with Crippen LogP contribution in [0.5, 0.6) is 0 Å². The van der Waals surface area contributed by atoms with Gasteiger partial charge < -0.3 is 0 Å². The van der Waals surface area contributed by atoms with Crippen molar-refractivity contribution in [3.8, 4) is 0 Å². The number of benzene rings is 3. The van der Waals surface area contributed by atoms with Gasteiger partial charge in [-0.15, -0.1) is 0 Å². The van der Waals surface area contributed by atoms with E-state index in [1.807, 2.05) is 0 Å². The molecule has 0 atom stereocenters. The molecule has 3 aromatic carbocycles. The molecule has 2 heteroatoms. The molecule has 0 aromatic heterocycles. The minimum absolute atomic E-state index is 1.38. The van der Waals surface area contributed by atoms with Crippen LogP contribution in [0.2, 0.25) is 0 Å². The molecule has 0 aliphatic carbocycles. The Morgan fingerprint density at radius 1 is 0.522 bits per heavy atom. The minimum atomic E-state index is -2.07. The average Bonchev–Trinajstić information content (AvgIpc) is 2.55. The van der Waals surface area contributed by atoms with Crippen molar-refractivity contribution < 1.29 is 20.5 Å². The molecule has 0 radical (unpaired) electrons. The summed E-state index contributed by atoms with van der Waals surface area (Å²) in [7, 11) is 0. The Labute approximate surface area is 151 Å². The fourth-order valence-corrected chi connectivity index (χ4v) is 12.3. The van der Waals surface area contributed by atoms with Crippen LogP contribution in [-0.2, 0) is 20.5 Å². The van der Waals surface area contributed by atoms with E-state index < -0.39 is 5.15 Å². The topological polar surface area (TPSA) is 0 Å². The van der Waals surface area contributed by atoms with Gasteiger partial charge in [0.05, 0.1) is 0 Å². The van der Waals surface area contributed by atoms with Gasteiger partial charge in [0.25, 0.3) is 0 Å². The van der Waals surface area contributed by atoms with Crippen LogP contribution in [0.4, 0.5) is 0 Å². The van der Waals surface area contributed by atoms with Gasteiger partial charge in [-0.05, 0) is 0 Å². The predicted molar refractivity (Wildman–Crippen MR) is 101 cm³/mol. The van der Waals surface area contributed by atoms with Crippen LogP contribution in [-0.4, -0.2) is 0 Å². The monoisotopic (exact) mass is 502 g/mol. The van der Waals surface area contributed by atoms with Crippen molar-refractivity contribution in [1.82, 2.24) is 0 Å². The van der Waals surface area contributed by atoms with Gasteiger partial charge in [0.2, 0.25) is 0 Å². The first-order valence-corrected chi connectivity index (χ1v) is 12.9. The Hall–Kier alpha value is -1.17. The van der Waals surface area contributed by atoms with Crippen molar-refractivity contribution in [2.75, 3.05) is 0 Å². The van der Waals surface area contributed by atoms with Crippen LogP contribution in [0.1, 0.15) is 16.7 Å². The zero-order chi connectivity index (χ0) is 16.4. The molecule has 0 bridgehead atoms. The summed E-state index contributed by atoms with van der Waals surface area (Å²) in [4.78, 5) is 0. The van der Waals surface area contributed by atoms with Gasteiger partial charge in [-0.3, -0.25) is 0 Å². The van der Waals surface area contributed by atoms with Crippen LogP contribution in [0, 0.1) is 20.8 Å². The van der Waals surface area contributed by atoms with Crippen molar-refractivity contribution in [1.29, 1.82) is 0 Å². The van der Waals surface area contributed by atoms with Gasteiger partial charge in [-0.1, -0.05) is 0 Å². The van der Waals surface area contributed by atoms with Crippen molar-refractivity contribution in [2.24, 2.45) is 0 Å². The standard InChI is InChI=1S/C21H21P.Au/c1-16-10-4-7-13-19(16)22(20-14-8-5-11-17(20)2)21-15-9-6-12-18(21)3;/h4-15H,1-3H3;/q;-1/p+1. The van der Waals surface area contributed by atoms with E-state index in [4.69, 9.17) is 0 Å². The molecule has 0 aliphatic rings. The molecule has 122 valence electrons. The maximum absolute atomic E-state index is 3.03. The number of aryl methyl sites for hydroxylation is 3. The molecule has 0 saturated carbocycles. The molecule has 0 aliphatic heterocycles. The summed E-state index contributed by atoms with van der Waals surface area (Å²) in [6, 6.07) is 26.6. The Balaban J connectivity index is 2.38. The van der Waals surface area contributed by atoms with Gasteiger partial charge >= 0.3 is 152 Å². The first kappa shape index (κ1) is 16.7. The van der Waals surface area contributed by atoms with Gasteiger partial charge in [0.1, 0.15) is 0 Å². The molecular weight excluding hydrogens is 480 g/mol. The van der Waals surface area contributed by atoms with Crippen LogP contribution < -0.4 is 15.9 Å². The molecular formula is C21H22AuP. The van der Waals surface area contributed by atoms with Crippen LogP contribution in [0.15, 0.2) is 72.8 Å². The van der Waals surface area contributed by atoms with Crippen molar-refractivity contribution in [3.63, 3.8) is 0 Å². The molecule has 0 heterocycles. The Morgan fingerprint density at radius 3 is 1.04 bits per heavy atom. The third-order valence-corrected chi connectivity index (χ3v) is 13.5. The summed E-state index contributed by atoms with van der Waals surface area (Å²) in [5.41, 5.74) is 4.15. The van der Waals surface area contributed by atoms with E-state index in [0.29, 0.717) is 0 Å². The number of hydrogen-bond acceptors (Lipinski definition) is 0. The zero-order valence-electron chi connectivity index (χ0n) is 13.7.